The number of carboxylic acids is 1. The molecule has 1 rings (SSSR count). The average Bonchev–Trinajstić information content (AvgIpc) is 2.01. The molecule has 4 nitrogen and oxygen atoms in total. The van der Waals surface area contributed by atoms with Crippen molar-refractivity contribution in [2.75, 3.05) is 0 Å². The van der Waals surface area contributed by atoms with Crippen molar-refractivity contribution in [2.45, 2.75) is 19.4 Å². The molecule has 14 heavy (non-hydrogen) atoms. The highest BCUT2D eigenvalue weighted by Crippen LogP contribution is 2.19. The first kappa shape index (κ1) is 10.5. The lowest BCUT2D eigenvalue weighted by molar-refractivity contribution is 0.0694. The van der Waals surface area contributed by atoms with Crippen LogP contribution in [0.5, 0.6) is 5.75 Å². The van der Waals surface area contributed by atoms with Crippen molar-refractivity contribution >= 4 is 5.97 Å². The SMILES string of the molecule is CC(N)Cc1ccc(C(=O)O)c(O)c1. The van der Waals surface area contributed by atoms with E-state index >= 15 is 0 Å². The van der Waals surface area contributed by atoms with E-state index in [4.69, 9.17) is 10.8 Å². The van der Waals surface area contributed by atoms with Gasteiger partial charge in [0.1, 0.15) is 11.3 Å². The minimum absolute atomic E-state index is 0.00919. The van der Waals surface area contributed by atoms with Gasteiger partial charge in [-0.1, -0.05) is 6.07 Å². The molecule has 0 radical (unpaired) electrons. The van der Waals surface area contributed by atoms with Gasteiger partial charge in [-0.25, -0.2) is 4.79 Å². The van der Waals surface area contributed by atoms with Gasteiger partial charge < -0.3 is 15.9 Å². The summed E-state index contributed by atoms with van der Waals surface area (Å²) in [5.41, 5.74) is 6.33. The highest BCUT2D eigenvalue weighted by Gasteiger charge is 2.09. The number of carbonyl (C=O) groups is 1. The molecule has 76 valence electrons. The Morgan fingerprint density at radius 2 is 2.21 bits per heavy atom. The Kier molecular flexibility index (Phi) is 3.09. The maximum absolute atomic E-state index is 10.6. The fourth-order valence-electron chi connectivity index (χ4n) is 1.26. The maximum atomic E-state index is 10.6. The number of phenols is 1. The molecule has 0 heterocycles. The summed E-state index contributed by atoms with van der Waals surface area (Å²) in [6.07, 6.45) is 0.619. The molecule has 0 saturated carbocycles. The van der Waals surface area contributed by atoms with Crippen molar-refractivity contribution in [3.8, 4) is 5.75 Å². The van der Waals surface area contributed by atoms with E-state index in [0.29, 0.717) is 6.42 Å². The van der Waals surface area contributed by atoms with E-state index < -0.39 is 5.97 Å². The molecule has 1 aromatic carbocycles. The van der Waals surface area contributed by atoms with Crippen molar-refractivity contribution in [1.82, 2.24) is 0 Å². The molecule has 0 amide bonds. The summed E-state index contributed by atoms with van der Waals surface area (Å²) in [5, 5.41) is 18.0. The summed E-state index contributed by atoms with van der Waals surface area (Å²) in [5.74, 6) is -1.34. The number of aromatic hydroxyl groups is 1. The highest BCUT2D eigenvalue weighted by molar-refractivity contribution is 5.90. The molecule has 1 atom stereocenters. The Morgan fingerprint density at radius 3 is 2.64 bits per heavy atom. The molecule has 0 spiro atoms. The third-order valence-corrected chi connectivity index (χ3v) is 1.85. The van der Waals surface area contributed by atoms with Gasteiger partial charge in [-0.05, 0) is 31.0 Å². The first-order valence-corrected chi connectivity index (χ1v) is 4.31. The predicted molar refractivity (Wildman–Crippen MR) is 52.4 cm³/mol. The van der Waals surface area contributed by atoms with Crippen LogP contribution in [0.3, 0.4) is 0 Å². The van der Waals surface area contributed by atoms with Gasteiger partial charge in [0.25, 0.3) is 0 Å². The van der Waals surface area contributed by atoms with Gasteiger partial charge in [-0.3, -0.25) is 0 Å². The van der Waals surface area contributed by atoms with Crippen LogP contribution >= 0.6 is 0 Å². The number of nitrogens with two attached hydrogens (primary N) is 1. The monoisotopic (exact) mass is 195 g/mol. The van der Waals surface area contributed by atoms with E-state index in [1.807, 2.05) is 6.92 Å². The van der Waals surface area contributed by atoms with Gasteiger partial charge in [0.05, 0.1) is 0 Å². The smallest absolute Gasteiger partial charge is 0.339 e. The standard InChI is InChI=1S/C10H13NO3/c1-6(11)4-7-2-3-8(10(13)14)9(12)5-7/h2-3,5-6,12H,4,11H2,1H3,(H,13,14). The zero-order chi connectivity index (χ0) is 10.7. The second-order valence-corrected chi connectivity index (χ2v) is 3.34. The third kappa shape index (κ3) is 2.47. The quantitative estimate of drug-likeness (QED) is 0.671. The van der Waals surface area contributed by atoms with Crippen LogP contribution in [-0.2, 0) is 6.42 Å². The van der Waals surface area contributed by atoms with Crippen LogP contribution in [0.25, 0.3) is 0 Å². The lowest BCUT2D eigenvalue weighted by Gasteiger charge is -2.06. The molecule has 0 fully saturated rings. The van der Waals surface area contributed by atoms with E-state index in [-0.39, 0.29) is 17.4 Å². The molecule has 1 unspecified atom stereocenters. The van der Waals surface area contributed by atoms with E-state index in [1.165, 1.54) is 12.1 Å². The molecule has 0 bridgehead atoms. The summed E-state index contributed by atoms with van der Waals surface area (Å²) < 4.78 is 0. The molecular weight excluding hydrogens is 182 g/mol. The Labute approximate surface area is 82.0 Å². The second-order valence-electron chi connectivity index (χ2n) is 3.34. The van der Waals surface area contributed by atoms with Gasteiger partial charge in [0.15, 0.2) is 0 Å². The van der Waals surface area contributed by atoms with Crippen LogP contribution in [0, 0.1) is 0 Å². The lowest BCUT2D eigenvalue weighted by atomic mass is 10.0. The number of rotatable bonds is 3. The number of hydrogen-bond donors (Lipinski definition) is 3. The largest absolute Gasteiger partial charge is 0.507 e. The van der Waals surface area contributed by atoms with Crippen LogP contribution in [0.15, 0.2) is 18.2 Å². The zero-order valence-electron chi connectivity index (χ0n) is 7.90. The number of benzene rings is 1. The van der Waals surface area contributed by atoms with Gasteiger partial charge in [-0.15, -0.1) is 0 Å². The summed E-state index contributed by atoms with van der Waals surface area (Å²) >= 11 is 0. The highest BCUT2D eigenvalue weighted by atomic mass is 16.4. The number of hydrogen-bond acceptors (Lipinski definition) is 3. The molecule has 0 aliphatic heterocycles. The van der Waals surface area contributed by atoms with E-state index in [9.17, 15) is 9.90 Å². The fraction of sp³-hybridized carbons (Fsp3) is 0.300. The first-order chi connectivity index (χ1) is 6.50. The van der Waals surface area contributed by atoms with Crippen molar-refractivity contribution in [3.63, 3.8) is 0 Å². The maximum Gasteiger partial charge on any atom is 0.339 e. The number of carboxylic acid groups (broad SMARTS) is 1. The lowest BCUT2D eigenvalue weighted by Crippen LogP contribution is -2.17. The topological polar surface area (TPSA) is 83.6 Å². The fourth-order valence-corrected chi connectivity index (χ4v) is 1.26. The average molecular weight is 195 g/mol. The summed E-state index contributed by atoms with van der Waals surface area (Å²) in [6.45, 7) is 1.85. The normalized spacial score (nSPS) is 12.4. The molecule has 0 aromatic heterocycles. The van der Waals surface area contributed by atoms with Crippen LogP contribution < -0.4 is 5.73 Å². The summed E-state index contributed by atoms with van der Waals surface area (Å²) in [4.78, 5) is 10.6. The van der Waals surface area contributed by atoms with Crippen molar-refractivity contribution in [2.24, 2.45) is 5.73 Å². The Balaban J connectivity index is 2.94. The van der Waals surface area contributed by atoms with Gasteiger partial charge in [0, 0.05) is 6.04 Å². The molecule has 4 N–H and O–H groups in total. The van der Waals surface area contributed by atoms with E-state index in [2.05, 4.69) is 0 Å². The van der Waals surface area contributed by atoms with E-state index in [0.717, 1.165) is 5.56 Å². The Hall–Kier alpha value is -1.55. The predicted octanol–water partition coefficient (Wildman–Crippen LogP) is 0.980. The van der Waals surface area contributed by atoms with Crippen molar-refractivity contribution in [1.29, 1.82) is 0 Å². The second kappa shape index (κ2) is 4.11. The van der Waals surface area contributed by atoms with Crippen LogP contribution in [0.4, 0.5) is 0 Å². The van der Waals surface area contributed by atoms with Gasteiger partial charge >= 0.3 is 5.97 Å². The number of aromatic carboxylic acids is 1. The Bertz CT molecular complexity index is 347. The summed E-state index contributed by atoms with van der Waals surface area (Å²) in [6, 6.07) is 4.47. The van der Waals surface area contributed by atoms with Crippen molar-refractivity contribution in [3.05, 3.63) is 29.3 Å². The molecule has 0 aliphatic carbocycles. The third-order valence-electron chi connectivity index (χ3n) is 1.85. The molecule has 0 saturated heterocycles. The molecule has 4 heteroatoms. The zero-order valence-corrected chi connectivity index (χ0v) is 7.90. The Morgan fingerprint density at radius 1 is 1.57 bits per heavy atom. The minimum Gasteiger partial charge on any atom is -0.507 e. The molecule has 0 aliphatic rings. The van der Waals surface area contributed by atoms with Crippen LogP contribution in [-0.4, -0.2) is 22.2 Å². The van der Waals surface area contributed by atoms with Crippen LogP contribution in [0.2, 0.25) is 0 Å². The summed E-state index contributed by atoms with van der Waals surface area (Å²) in [7, 11) is 0. The van der Waals surface area contributed by atoms with E-state index in [1.54, 1.807) is 6.07 Å². The van der Waals surface area contributed by atoms with Crippen molar-refractivity contribution < 1.29 is 15.0 Å². The van der Waals surface area contributed by atoms with Gasteiger partial charge in [0.2, 0.25) is 0 Å². The first-order valence-electron chi connectivity index (χ1n) is 4.31. The van der Waals surface area contributed by atoms with Crippen LogP contribution in [0.1, 0.15) is 22.8 Å². The van der Waals surface area contributed by atoms with Gasteiger partial charge in [-0.2, -0.15) is 0 Å². The minimum atomic E-state index is -1.13. The molecule has 1 aromatic rings. The molecular formula is C10H13NO3.